The Morgan fingerprint density at radius 2 is 2.15 bits per heavy atom. The summed E-state index contributed by atoms with van der Waals surface area (Å²) in [5, 5.41) is 27.3. The van der Waals surface area contributed by atoms with Crippen molar-refractivity contribution >= 4 is 17.3 Å². The van der Waals surface area contributed by atoms with Gasteiger partial charge in [-0.15, -0.1) is 5.10 Å². The molecule has 3 N–H and O–H groups in total. The number of anilines is 3. The molecule has 0 bridgehead atoms. The third-order valence-corrected chi connectivity index (χ3v) is 4.33. The highest BCUT2D eigenvalue weighted by Gasteiger charge is 2.29. The SMILES string of the molecule is N#Cc1cnc(Nc2cc(NC[C@@H]3CNCCO3)c(C3CC3)nn2)cn1. The van der Waals surface area contributed by atoms with Crippen molar-refractivity contribution in [2.24, 2.45) is 0 Å². The lowest BCUT2D eigenvalue weighted by atomic mass is 10.2. The van der Waals surface area contributed by atoms with Crippen LogP contribution in [0.4, 0.5) is 17.3 Å². The molecule has 0 aromatic carbocycles. The van der Waals surface area contributed by atoms with E-state index in [1.165, 1.54) is 12.4 Å². The number of nitrogens with zero attached hydrogens (tertiary/aromatic N) is 5. The minimum absolute atomic E-state index is 0.143. The van der Waals surface area contributed by atoms with Crippen LogP contribution in [0.3, 0.4) is 0 Å². The summed E-state index contributed by atoms with van der Waals surface area (Å²) in [4.78, 5) is 8.15. The van der Waals surface area contributed by atoms with E-state index in [9.17, 15) is 0 Å². The molecule has 134 valence electrons. The van der Waals surface area contributed by atoms with Crippen molar-refractivity contribution in [2.75, 3.05) is 36.9 Å². The van der Waals surface area contributed by atoms with Gasteiger partial charge in [0, 0.05) is 31.6 Å². The van der Waals surface area contributed by atoms with Gasteiger partial charge in [-0.1, -0.05) is 0 Å². The first-order chi connectivity index (χ1) is 12.8. The first kappa shape index (κ1) is 16.6. The Kier molecular flexibility index (Phi) is 4.86. The molecule has 26 heavy (non-hydrogen) atoms. The van der Waals surface area contributed by atoms with Crippen LogP contribution in [-0.4, -0.2) is 52.5 Å². The third kappa shape index (κ3) is 4.04. The molecule has 9 nitrogen and oxygen atoms in total. The van der Waals surface area contributed by atoms with Gasteiger partial charge >= 0.3 is 0 Å². The van der Waals surface area contributed by atoms with Gasteiger partial charge in [-0.2, -0.15) is 10.4 Å². The van der Waals surface area contributed by atoms with Crippen molar-refractivity contribution < 1.29 is 4.74 Å². The zero-order chi connectivity index (χ0) is 17.8. The van der Waals surface area contributed by atoms with Gasteiger partial charge in [0.1, 0.15) is 11.9 Å². The van der Waals surface area contributed by atoms with Crippen LogP contribution in [0.1, 0.15) is 30.1 Å². The van der Waals surface area contributed by atoms with Crippen molar-refractivity contribution in [2.45, 2.75) is 24.9 Å². The molecule has 1 atom stereocenters. The fourth-order valence-corrected chi connectivity index (χ4v) is 2.82. The number of hydrogen-bond donors (Lipinski definition) is 3. The van der Waals surface area contributed by atoms with E-state index in [2.05, 4.69) is 36.1 Å². The Morgan fingerprint density at radius 3 is 2.85 bits per heavy atom. The molecule has 0 amide bonds. The Bertz CT molecular complexity index is 793. The standard InChI is InChI=1S/C17H20N8O/c18-6-12-7-22-16(10-20-12)23-15-5-14(17(25-24-15)11-1-2-11)21-9-13-8-19-3-4-26-13/h5,7,10-11,13,19H,1-4,8-9H2,(H2,21,22,23,24)/t13-/m0/s1. The largest absolute Gasteiger partial charge is 0.381 e. The number of rotatable bonds is 6. The average Bonchev–Trinajstić information content (AvgIpc) is 3.53. The van der Waals surface area contributed by atoms with Crippen LogP contribution in [0, 0.1) is 11.3 Å². The number of nitrogens with one attached hydrogen (secondary N) is 3. The van der Waals surface area contributed by atoms with Crippen molar-refractivity contribution in [1.82, 2.24) is 25.5 Å². The molecule has 1 aliphatic heterocycles. The summed E-state index contributed by atoms with van der Waals surface area (Å²) < 4.78 is 5.74. The lowest BCUT2D eigenvalue weighted by molar-refractivity contribution is 0.0372. The first-order valence-electron chi connectivity index (χ1n) is 8.75. The van der Waals surface area contributed by atoms with E-state index in [4.69, 9.17) is 10.00 Å². The van der Waals surface area contributed by atoms with E-state index < -0.39 is 0 Å². The maximum absolute atomic E-state index is 8.79. The molecule has 3 heterocycles. The normalized spacial score (nSPS) is 19.6. The monoisotopic (exact) mass is 352 g/mol. The molecule has 1 aliphatic carbocycles. The van der Waals surface area contributed by atoms with Gasteiger partial charge in [0.2, 0.25) is 0 Å². The highest BCUT2D eigenvalue weighted by atomic mass is 16.5. The maximum atomic E-state index is 8.79. The van der Waals surface area contributed by atoms with Gasteiger partial charge in [-0.3, -0.25) is 0 Å². The summed E-state index contributed by atoms with van der Waals surface area (Å²) >= 11 is 0. The number of morpholine rings is 1. The fourth-order valence-electron chi connectivity index (χ4n) is 2.82. The lowest BCUT2D eigenvalue weighted by Gasteiger charge is -2.24. The molecule has 1 saturated heterocycles. The van der Waals surface area contributed by atoms with E-state index in [-0.39, 0.29) is 11.8 Å². The molecule has 0 spiro atoms. The summed E-state index contributed by atoms with van der Waals surface area (Å²) in [6.07, 6.45) is 5.37. The molecule has 2 aromatic rings. The highest BCUT2D eigenvalue weighted by Crippen LogP contribution is 2.42. The highest BCUT2D eigenvalue weighted by molar-refractivity contribution is 5.60. The summed E-state index contributed by atoms with van der Waals surface area (Å²) in [6.45, 7) is 3.20. The van der Waals surface area contributed by atoms with Gasteiger partial charge in [0.25, 0.3) is 0 Å². The minimum Gasteiger partial charge on any atom is -0.381 e. The van der Waals surface area contributed by atoms with Gasteiger partial charge in [0.15, 0.2) is 11.5 Å². The lowest BCUT2D eigenvalue weighted by Crippen LogP contribution is -2.42. The zero-order valence-electron chi connectivity index (χ0n) is 14.3. The van der Waals surface area contributed by atoms with Crippen molar-refractivity contribution in [3.8, 4) is 6.07 Å². The molecule has 2 aromatic heterocycles. The minimum atomic E-state index is 0.143. The molecule has 9 heteroatoms. The topological polar surface area (TPSA) is 121 Å². The predicted molar refractivity (Wildman–Crippen MR) is 95.1 cm³/mol. The molecule has 0 radical (unpaired) electrons. The van der Waals surface area contributed by atoms with Crippen molar-refractivity contribution in [3.63, 3.8) is 0 Å². The van der Waals surface area contributed by atoms with E-state index >= 15 is 0 Å². The number of nitriles is 1. The van der Waals surface area contributed by atoms with Gasteiger partial charge in [-0.25, -0.2) is 9.97 Å². The second-order valence-corrected chi connectivity index (χ2v) is 6.40. The van der Waals surface area contributed by atoms with Crippen LogP contribution >= 0.6 is 0 Å². The van der Waals surface area contributed by atoms with Crippen LogP contribution in [0.5, 0.6) is 0 Å². The molecular formula is C17H20N8O. The second-order valence-electron chi connectivity index (χ2n) is 6.40. The van der Waals surface area contributed by atoms with Gasteiger partial charge < -0.3 is 20.7 Å². The third-order valence-electron chi connectivity index (χ3n) is 4.33. The van der Waals surface area contributed by atoms with Crippen LogP contribution in [0.2, 0.25) is 0 Å². The quantitative estimate of drug-likeness (QED) is 0.703. The van der Waals surface area contributed by atoms with E-state index in [1.54, 1.807) is 0 Å². The summed E-state index contributed by atoms with van der Waals surface area (Å²) in [5.41, 5.74) is 2.25. The van der Waals surface area contributed by atoms with E-state index in [1.807, 2.05) is 12.1 Å². The van der Waals surface area contributed by atoms with E-state index in [0.717, 1.165) is 43.9 Å². The molecule has 2 aliphatic rings. The van der Waals surface area contributed by atoms with Crippen LogP contribution < -0.4 is 16.0 Å². The van der Waals surface area contributed by atoms with Crippen LogP contribution in [0.15, 0.2) is 18.5 Å². The number of aromatic nitrogens is 4. The predicted octanol–water partition coefficient (Wildman–Crippen LogP) is 1.16. The molecule has 0 unspecified atom stereocenters. The Hall–Kier alpha value is -2.83. The summed E-state index contributed by atoms with van der Waals surface area (Å²) in [7, 11) is 0. The molecular weight excluding hydrogens is 332 g/mol. The van der Waals surface area contributed by atoms with Crippen molar-refractivity contribution in [3.05, 3.63) is 29.8 Å². The maximum Gasteiger partial charge on any atom is 0.158 e. The van der Waals surface area contributed by atoms with Crippen LogP contribution in [-0.2, 0) is 4.74 Å². The number of ether oxygens (including phenoxy) is 1. The Labute approximate surface area is 151 Å². The van der Waals surface area contributed by atoms with Gasteiger partial charge in [-0.05, 0) is 12.8 Å². The number of hydrogen-bond acceptors (Lipinski definition) is 9. The average molecular weight is 352 g/mol. The molecule has 4 rings (SSSR count). The van der Waals surface area contributed by atoms with Crippen LogP contribution in [0.25, 0.3) is 0 Å². The summed E-state index contributed by atoms with van der Waals surface area (Å²) in [6, 6.07) is 3.89. The summed E-state index contributed by atoms with van der Waals surface area (Å²) in [5.74, 6) is 1.58. The smallest absolute Gasteiger partial charge is 0.158 e. The molecule has 1 saturated carbocycles. The van der Waals surface area contributed by atoms with E-state index in [0.29, 0.717) is 24.1 Å². The fraction of sp³-hybridized carbons (Fsp3) is 0.471. The molecule has 2 fully saturated rings. The first-order valence-corrected chi connectivity index (χ1v) is 8.75. The van der Waals surface area contributed by atoms with Crippen molar-refractivity contribution in [1.29, 1.82) is 5.26 Å². The zero-order valence-corrected chi connectivity index (χ0v) is 14.3. The Balaban J connectivity index is 1.47. The Morgan fingerprint density at radius 1 is 1.23 bits per heavy atom. The van der Waals surface area contributed by atoms with Gasteiger partial charge in [0.05, 0.1) is 36.5 Å². The second kappa shape index (κ2) is 7.59.